The molecule has 7 rings (SSSR count). The van der Waals surface area contributed by atoms with E-state index in [4.69, 9.17) is 47.7 Å². The molecule has 0 unspecified atom stereocenters. The van der Waals surface area contributed by atoms with Gasteiger partial charge in [-0.05, 0) is 238 Å². The lowest BCUT2D eigenvalue weighted by Gasteiger charge is -2.41. The number of rotatable bonds is 30. The Morgan fingerprint density at radius 1 is 0.433 bits per heavy atom. The Bertz CT molecular complexity index is 2440. The van der Waals surface area contributed by atoms with Gasteiger partial charge in [0.25, 0.3) is 0 Å². The first-order valence-electron chi connectivity index (χ1n) is 35.7. The number of unbranched alkanes of at least 4 members (excludes halogenated alkanes) is 5. The standard InChI is InChI=1S/C33H46O5.C26H40O4.C20H30O2/c1-4-11-26-12-14-27(15-13-26)28-20-22-33(6-3,23-21-28)38-32(35)29-16-18-30(19-17-29)36-24-9-7-8-10-25-37-31(34)5-2;1-4-10-21-12-14-22(15-13-21)23-16-18-26(6-3,19-17-23)30-25(28)11-8-7-9-20-29-24(27)5-2;1-4-7-16-8-10-17(11-9-16)18-12-14-20(6-3,15-13-18)22-19(21)5-2/h3,5,16-19,26-28H,2,4,7-15,20-25H2,1H3;3,5,21-23H,2,4,7-20H2,1H3;3,5,16-18H,2,4,7-15H2,1H3. The predicted molar refractivity (Wildman–Crippen MR) is 361 cm³/mol. The van der Waals surface area contributed by atoms with Gasteiger partial charge < -0.3 is 28.4 Å². The number of ether oxygens (including phenoxy) is 6. The monoisotopic (exact) mass is 1240 g/mol. The summed E-state index contributed by atoms with van der Waals surface area (Å²) >= 11 is 0. The van der Waals surface area contributed by atoms with Crippen LogP contribution in [-0.2, 0) is 42.9 Å². The van der Waals surface area contributed by atoms with E-state index in [2.05, 4.69) is 58.3 Å². The van der Waals surface area contributed by atoms with Crippen LogP contribution in [0.3, 0.4) is 0 Å². The van der Waals surface area contributed by atoms with Crippen molar-refractivity contribution in [3.63, 3.8) is 0 Å². The van der Waals surface area contributed by atoms with E-state index in [1.807, 2.05) is 0 Å². The van der Waals surface area contributed by atoms with Crippen LogP contribution in [0.2, 0.25) is 0 Å². The van der Waals surface area contributed by atoms with Crippen molar-refractivity contribution in [2.24, 2.45) is 53.3 Å². The second-order valence-corrected chi connectivity index (χ2v) is 27.5. The highest BCUT2D eigenvalue weighted by Gasteiger charge is 2.43. The van der Waals surface area contributed by atoms with E-state index in [0.29, 0.717) is 37.7 Å². The molecule has 0 N–H and O–H groups in total. The molecule has 0 radical (unpaired) electrons. The van der Waals surface area contributed by atoms with E-state index >= 15 is 0 Å². The Kier molecular flexibility index (Phi) is 34.1. The quantitative estimate of drug-likeness (QED) is 0.0239. The summed E-state index contributed by atoms with van der Waals surface area (Å²) in [6.07, 6.45) is 63.0. The first-order chi connectivity index (χ1) is 43.6. The van der Waals surface area contributed by atoms with Crippen molar-refractivity contribution in [1.29, 1.82) is 0 Å². The number of terminal acetylenes is 3. The van der Waals surface area contributed by atoms with E-state index < -0.39 is 28.7 Å². The van der Waals surface area contributed by atoms with Crippen LogP contribution in [0, 0.1) is 90.3 Å². The Morgan fingerprint density at radius 2 is 0.767 bits per heavy atom. The van der Waals surface area contributed by atoms with Crippen molar-refractivity contribution < 1.29 is 52.4 Å². The summed E-state index contributed by atoms with van der Waals surface area (Å²) in [5, 5.41) is 0. The zero-order valence-electron chi connectivity index (χ0n) is 56.1. The molecule has 0 saturated heterocycles. The fourth-order valence-electron chi connectivity index (χ4n) is 15.8. The number of benzene rings is 1. The van der Waals surface area contributed by atoms with E-state index in [1.165, 1.54) is 128 Å². The maximum atomic E-state index is 12.9. The van der Waals surface area contributed by atoms with Crippen molar-refractivity contribution in [2.75, 3.05) is 19.8 Å². The minimum atomic E-state index is -0.786. The summed E-state index contributed by atoms with van der Waals surface area (Å²) < 4.78 is 32.9. The average molecular weight is 1240 g/mol. The highest BCUT2D eigenvalue weighted by Crippen LogP contribution is 2.47. The highest BCUT2D eigenvalue weighted by molar-refractivity contribution is 5.90. The van der Waals surface area contributed by atoms with Gasteiger partial charge in [0.15, 0.2) is 16.8 Å². The lowest BCUT2D eigenvalue weighted by molar-refractivity contribution is -0.158. The van der Waals surface area contributed by atoms with Gasteiger partial charge in [-0.3, -0.25) is 4.79 Å². The van der Waals surface area contributed by atoms with Crippen LogP contribution in [0.25, 0.3) is 0 Å². The van der Waals surface area contributed by atoms with Gasteiger partial charge in [-0.15, -0.1) is 19.3 Å². The molecular formula is C79H116O11. The summed E-state index contributed by atoms with van der Waals surface area (Å²) in [6, 6.07) is 7.10. The van der Waals surface area contributed by atoms with Gasteiger partial charge >= 0.3 is 29.8 Å². The van der Waals surface area contributed by atoms with Crippen molar-refractivity contribution >= 4 is 29.8 Å². The summed E-state index contributed by atoms with van der Waals surface area (Å²) in [5.74, 6) is 14.9. The Morgan fingerprint density at radius 3 is 1.12 bits per heavy atom. The van der Waals surface area contributed by atoms with E-state index in [1.54, 1.807) is 24.3 Å². The molecule has 0 amide bonds. The third-order valence-corrected chi connectivity index (χ3v) is 21.4. The van der Waals surface area contributed by atoms with Crippen molar-refractivity contribution in [1.82, 2.24) is 0 Å². The smallest absolute Gasteiger partial charge is 0.339 e. The van der Waals surface area contributed by atoms with Gasteiger partial charge in [0.1, 0.15) is 5.75 Å². The molecule has 0 bridgehead atoms. The van der Waals surface area contributed by atoms with E-state index in [0.717, 1.165) is 181 Å². The second-order valence-electron chi connectivity index (χ2n) is 27.5. The Labute approximate surface area is 544 Å². The summed E-state index contributed by atoms with van der Waals surface area (Å²) in [5.41, 5.74) is -1.67. The molecule has 0 spiro atoms. The van der Waals surface area contributed by atoms with Crippen molar-refractivity contribution in [2.45, 2.75) is 282 Å². The fraction of sp³-hybridized carbons (Fsp3) is 0.709. The number of hydrogen-bond donors (Lipinski definition) is 0. The summed E-state index contributed by atoms with van der Waals surface area (Å²) in [6.45, 7) is 18.4. The molecule has 6 aliphatic carbocycles. The molecule has 0 heterocycles. The van der Waals surface area contributed by atoms with Crippen LogP contribution >= 0.6 is 0 Å². The summed E-state index contributed by atoms with van der Waals surface area (Å²) in [7, 11) is 0. The van der Waals surface area contributed by atoms with Crippen molar-refractivity contribution in [3.05, 3.63) is 67.8 Å². The maximum Gasteiger partial charge on any atom is 0.339 e. The zero-order chi connectivity index (χ0) is 65.0. The molecule has 6 saturated carbocycles. The van der Waals surface area contributed by atoms with Crippen LogP contribution in [0.5, 0.6) is 5.75 Å². The van der Waals surface area contributed by atoms with Crippen LogP contribution in [-0.4, -0.2) is 66.5 Å². The minimum absolute atomic E-state index is 0.199. The van der Waals surface area contributed by atoms with Gasteiger partial charge in [-0.25, -0.2) is 19.2 Å². The molecule has 0 aliphatic heterocycles. The van der Waals surface area contributed by atoms with Crippen LogP contribution in [0.4, 0.5) is 0 Å². The van der Waals surface area contributed by atoms with Crippen LogP contribution < -0.4 is 4.74 Å². The van der Waals surface area contributed by atoms with E-state index in [9.17, 15) is 24.0 Å². The SMILES string of the molecule is C#CC1(OC(=O)C=C)CCC(C2CCC(CCC)CC2)CC1.C#CC1(OC(=O)CCCCCOC(=O)C=C)CCC(C2CCC(CCC)CC2)CC1.C#CC1(OC(=O)c2ccc(OCCCCCCOC(=O)C=C)cc2)CCC(C2CCC(CCC)CC2)CC1. The predicted octanol–water partition coefficient (Wildman–Crippen LogP) is 18.6. The number of esters is 5. The third kappa shape index (κ3) is 25.7. The molecule has 0 atom stereocenters. The number of hydrogen-bond acceptors (Lipinski definition) is 11. The van der Waals surface area contributed by atoms with Crippen LogP contribution in [0.1, 0.15) is 275 Å². The van der Waals surface area contributed by atoms with Gasteiger partial charge in [0.05, 0.1) is 25.4 Å². The number of carbonyl (C=O) groups is 5. The molecule has 90 heavy (non-hydrogen) atoms. The average Bonchev–Trinajstić information content (AvgIpc) is 2.40. The topological polar surface area (TPSA) is 141 Å². The highest BCUT2D eigenvalue weighted by atomic mass is 16.6. The van der Waals surface area contributed by atoms with Gasteiger partial charge in [-0.1, -0.05) is 135 Å². The van der Waals surface area contributed by atoms with Crippen LogP contribution in [0.15, 0.2) is 62.2 Å². The minimum Gasteiger partial charge on any atom is -0.494 e. The second kappa shape index (κ2) is 41.0. The molecule has 1 aromatic carbocycles. The van der Waals surface area contributed by atoms with Crippen molar-refractivity contribution in [3.8, 4) is 42.8 Å². The third-order valence-electron chi connectivity index (χ3n) is 21.4. The Hall–Kier alpha value is -5.73. The van der Waals surface area contributed by atoms with Gasteiger partial charge in [0.2, 0.25) is 0 Å². The lowest BCUT2D eigenvalue weighted by atomic mass is 9.68. The Balaban J connectivity index is 0.000000254. The molecule has 498 valence electrons. The zero-order valence-corrected chi connectivity index (χ0v) is 56.1. The normalized spacial score (nSPS) is 28.9. The first-order valence-corrected chi connectivity index (χ1v) is 35.7. The maximum absolute atomic E-state index is 12.9. The molecular weight excluding hydrogens is 1120 g/mol. The molecule has 6 fully saturated rings. The lowest BCUT2D eigenvalue weighted by Crippen LogP contribution is -2.39. The molecule has 1 aromatic rings. The molecule has 0 aromatic heterocycles. The van der Waals surface area contributed by atoms with Gasteiger partial charge in [0, 0.05) is 24.6 Å². The number of carbonyl (C=O) groups excluding carboxylic acids is 5. The fourth-order valence-corrected chi connectivity index (χ4v) is 15.8. The summed E-state index contributed by atoms with van der Waals surface area (Å²) in [4.78, 5) is 58.7. The van der Waals surface area contributed by atoms with Gasteiger partial charge in [-0.2, -0.15) is 0 Å². The largest absolute Gasteiger partial charge is 0.494 e. The molecule has 6 aliphatic rings. The van der Waals surface area contributed by atoms with E-state index in [-0.39, 0.29) is 17.9 Å². The molecule has 11 heteroatoms. The molecule has 11 nitrogen and oxygen atoms in total. The first kappa shape index (κ1) is 75.0.